The number of likely N-dealkylation sites (tertiary alicyclic amines) is 1. The van der Waals surface area contributed by atoms with Crippen LogP contribution in [0.25, 0.3) is 11.4 Å². The summed E-state index contributed by atoms with van der Waals surface area (Å²) in [5.41, 5.74) is 0.744. The van der Waals surface area contributed by atoms with Crippen LogP contribution in [0.2, 0.25) is 10.0 Å². The fraction of sp³-hybridized carbons (Fsp3) is 0.407. The van der Waals surface area contributed by atoms with E-state index in [0.29, 0.717) is 47.0 Å². The van der Waals surface area contributed by atoms with E-state index in [1.807, 2.05) is 19.1 Å². The van der Waals surface area contributed by atoms with Gasteiger partial charge in [0.1, 0.15) is 11.8 Å². The van der Waals surface area contributed by atoms with E-state index >= 15 is 0 Å². The molecular formula is C27H30Cl2N4O4. The average Bonchev–Trinajstić information content (AvgIpc) is 3.41. The van der Waals surface area contributed by atoms with Crippen molar-refractivity contribution in [2.45, 2.75) is 45.1 Å². The van der Waals surface area contributed by atoms with Crippen molar-refractivity contribution in [3.63, 3.8) is 0 Å². The summed E-state index contributed by atoms with van der Waals surface area (Å²) in [5, 5.41) is 5.28. The molecule has 8 nitrogen and oxygen atoms in total. The second-order valence-electron chi connectivity index (χ2n) is 8.98. The average molecular weight is 545 g/mol. The fourth-order valence-corrected chi connectivity index (χ4v) is 4.58. The number of aromatic nitrogens is 2. The molecule has 0 saturated carbocycles. The summed E-state index contributed by atoms with van der Waals surface area (Å²) in [5.74, 6) is 0.965. The quantitative estimate of drug-likeness (QED) is 0.320. The predicted molar refractivity (Wildman–Crippen MR) is 141 cm³/mol. The number of hydrogen-bond donors (Lipinski definition) is 0. The van der Waals surface area contributed by atoms with Crippen LogP contribution in [0.15, 0.2) is 53.1 Å². The number of amides is 2. The van der Waals surface area contributed by atoms with E-state index in [1.54, 1.807) is 46.2 Å². The van der Waals surface area contributed by atoms with Crippen molar-refractivity contribution in [2.24, 2.45) is 0 Å². The second kappa shape index (κ2) is 12.9. The maximum atomic E-state index is 13.5. The molecule has 1 atom stereocenters. The molecule has 1 unspecified atom stereocenters. The van der Waals surface area contributed by atoms with Crippen LogP contribution in [0.5, 0.6) is 5.75 Å². The highest BCUT2D eigenvalue weighted by Crippen LogP contribution is 2.31. The van der Waals surface area contributed by atoms with E-state index in [0.717, 1.165) is 31.2 Å². The van der Waals surface area contributed by atoms with Gasteiger partial charge in [-0.2, -0.15) is 4.98 Å². The summed E-state index contributed by atoms with van der Waals surface area (Å²) in [6, 6.07) is 13.7. The molecule has 10 heteroatoms. The number of benzene rings is 2. The smallest absolute Gasteiger partial charge is 0.260 e. The third-order valence-electron chi connectivity index (χ3n) is 6.27. The van der Waals surface area contributed by atoms with E-state index in [-0.39, 0.29) is 31.0 Å². The highest BCUT2D eigenvalue weighted by molar-refractivity contribution is 6.31. The minimum Gasteiger partial charge on any atom is -0.484 e. The Morgan fingerprint density at radius 1 is 1.14 bits per heavy atom. The minimum atomic E-state index is -0.338. The zero-order valence-corrected chi connectivity index (χ0v) is 22.2. The molecule has 2 heterocycles. The summed E-state index contributed by atoms with van der Waals surface area (Å²) >= 11 is 12.0. The Labute approximate surface area is 226 Å². The van der Waals surface area contributed by atoms with Crippen LogP contribution in [0, 0.1) is 0 Å². The molecule has 1 aromatic heterocycles. The van der Waals surface area contributed by atoms with E-state index in [2.05, 4.69) is 10.1 Å². The zero-order valence-electron chi connectivity index (χ0n) is 20.7. The van der Waals surface area contributed by atoms with Crippen LogP contribution >= 0.6 is 23.2 Å². The molecule has 196 valence electrons. The van der Waals surface area contributed by atoms with Gasteiger partial charge in [0.25, 0.3) is 5.91 Å². The number of halogens is 2. The zero-order chi connectivity index (χ0) is 26.2. The predicted octanol–water partition coefficient (Wildman–Crippen LogP) is 5.80. The Bertz CT molecular complexity index is 1200. The van der Waals surface area contributed by atoms with Gasteiger partial charge in [0, 0.05) is 28.7 Å². The van der Waals surface area contributed by atoms with Crippen molar-refractivity contribution in [1.82, 2.24) is 19.9 Å². The topological polar surface area (TPSA) is 88.8 Å². The van der Waals surface area contributed by atoms with Gasteiger partial charge in [-0.05, 0) is 62.1 Å². The van der Waals surface area contributed by atoms with Crippen LogP contribution in [0.3, 0.4) is 0 Å². The molecule has 0 aliphatic carbocycles. The highest BCUT2D eigenvalue weighted by atomic mass is 35.5. The van der Waals surface area contributed by atoms with Gasteiger partial charge in [-0.1, -0.05) is 53.8 Å². The van der Waals surface area contributed by atoms with Crippen molar-refractivity contribution in [3.8, 4) is 17.1 Å². The number of carbonyl (C=O) groups is 2. The normalized spacial score (nSPS) is 15.4. The van der Waals surface area contributed by atoms with Crippen LogP contribution in [0.1, 0.15) is 51.0 Å². The number of unbranched alkanes of at least 4 members (excludes halogenated alkanes) is 1. The second-order valence-corrected chi connectivity index (χ2v) is 9.85. The van der Waals surface area contributed by atoms with Crippen molar-refractivity contribution in [3.05, 3.63) is 64.5 Å². The van der Waals surface area contributed by atoms with E-state index in [9.17, 15) is 9.59 Å². The molecule has 3 aromatic rings. The molecule has 4 rings (SSSR count). The lowest BCUT2D eigenvalue weighted by atomic mass is 10.0. The Hall–Kier alpha value is -3.10. The standard InChI is InChI=1S/C27H30Cl2N4O4/c1-2-3-14-32(25(35)18-36-22-12-10-20(28)11-13-22)17-24(34)33-15-5-4-9-23(33)27-30-26(31-37-27)19-7-6-8-21(29)16-19/h6-8,10-13,16,23H,2-5,9,14-15,17-18H2,1H3. The monoisotopic (exact) mass is 544 g/mol. The van der Waals surface area contributed by atoms with Gasteiger partial charge in [0.05, 0.1) is 6.54 Å². The van der Waals surface area contributed by atoms with Crippen molar-refractivity contribution >= 4 is 35.0 Å². The van der Waals surface area contributed by atoms with E-state index < -0.39 is 0 Å². The first-order valence-electron chi connectivity index (χ1n) is 12.5. The first kappa shape index (κ1) is 26.9. The molecule has 37 heavy (non-hydrogen) atoms. The molecule has 0 radical (unpaired) electrons. The molecular weight excluding hydrogens is 515 g/mol. The maximum absolute atomic E-state index is 13.5. The maximum Gasteiger partial charge on any atom is 0.260 e. The third kappa shape index (κ3) is 7.23. The number of hydrogen-bond acceptors (Lipinski definition) is 6. The summed E-state index contributed by atoms with van der Waals surface area (Å²) in [6.07, 6.45) is 4.22. The van der Waals surface area contributed by atoms with Gasteiger partial charge < -0.3 is 19.1 Å². The van der Waals surface area contributed by atoms with Crippen LogP contribution in [0.4, 0.5) is 0 Å². The number of rotatable bonds is 10. The summed E-state index contributed by atoms with van der Waals surface area (Å²) in [4.78, 5) is 34.4. The first-order chi connectivity index (χ1) is 17.9. The lowest BCUT2D eigenvalue weighted by molar-refractivity contribution is -0.144. The van der Waals surface area contributed by atoms with E-state index in [4.69, 9.17) is 32.5 Å². The minimum absolute atomic E-state index is 0.0331. The Morgan fingerprint density at radius 3 is 2.70 bits per heavy atom. The fourth-order valence-electron chi connectivity index (χ4n) is 4.26. The van der Waals surface area contributed by atoms with Gasteiger partial charge in [-0.3, -0.25) is 9.59 Å². The number of ether oxygens (including phenoxy) is 1. The number of nitrogens with zero attached hydrogens (tertiary/aromatic N) is 4. The van der Waals surface area contributed by atoms with Crippen LogP contribution in [-0.4, -0.2) is 58.0 Å². The van der Waals surface area contributed by atoms with Gasteiger partial charge in [0.2, 0.25) is 17.6 Å². The van der Waals surface area contributed by atoms with Crippen LogP contribution < -0.4 is 4.74 Å². The largest absolute Gasteiger partial charge is 0.484 e. The third-order valence-corrected chi connectivity index (χ3v) is 6.76. The van der Waals surface area contributed by atoms with Crippen molar-refractivity contribution in [2.75, 3.05) is 26.2 Å². The number of piperidine rings is 1. The lowest BCUT2D eigenvalue weighted by Crippen LogP contribution is -2.47. The van der Waals surface area contributed by atoms with Crippen molar-refractivity contribution < 1.29 is 18.8 Å². The Balaban J connectivity index is 1.44. The molecule has 1 saturated heterocycles. The molecule has 2 aromatic carbocycles. The first-order valence-corrected chi connectivity index (χ1v) is 13.3. The molecule has 0 bridgehead atoms. The van der Waals surface area contributed by atoms with Crippen LogP contribution in [-0.2, 0) is 9.59 Å². The van der Waals surface area contributed by atoms with Gasteiger partial charge >= 0.3 is 0 Å². The van der Waals surface area contributed by atoms with E-state index in [1.165, 1.54) is 0 Å². The SMILES string of the molecule is CCCCN(CC(=O)N1CCCCC1c1nc(-c2cccc(Cl)c2)no1)C(=O)COc1ccc(Cl)cc1. The Morgan fingerprint density at radius 2 is 1.95 bits per heavy atom. The lowest BCUT2D eigenvalue weighted by Gasteiger charge is -2.35. The van der Waals surface area contributed by atoms with Gasteiger partial charge in [-0.25, -0.2) is 0 Å². The molecule has 2 amide bonds. The molecule has 0 N–H and O–H groups in total. The summed E-state index contributed by atoms with van der Waals surface area (Å²) in [6.45, 7) is 2.89. The molecule has 0 spiro atoms. The van der Waals surface area contributed by atoms with Gasteiger partial charge in [-0.15, -0.1) is 0 Å². The van der Waals surface area contributed by atoms with Gasteiger partial charge in [0.15, 0.2) is 6.61 Å². The number of carbonyl (C=O) groups excluding carboxylic acids is 2. The summed E-state index contributed by atoms with van der Waals surface area (Å²) < 4.78 is 11.2. The molecule has 1 aliphatic heterocycles. The molecule has 1 aliphatic rings. The summed E-state index contributed by atoms with van der Waals surface area (Å²) in [7, 11) is 0. The van der Waals surface area contributed by atoms with Crippen molar-refractivity contribution in [1.29, 1.82) is 0 Å². The Kier molecular flexibility index (Phi) is 9.41. The highest BCUT2D eigenvalue weighted by Gasteiger charge is 2.33. The molecule has 1 fully saturated rings.